The molecule has 2 aromatic rings. The Labute approximate surface area is 116 Å². The minimum absolute atomic E-state index is 0.100. The second-order valence-corrected chi connectivity index (χ2v) is 4.81. The molecule has 1 atom stereocenters. The fraction of sp³-hybridized carbons (Fsp3) is 0.357. The topological polar surface area (TPSA) is 71.3 Å². The van der Waals surface area contributed by atoms with Crippen molar-refractivity contribution in [1.29, 1.82) is 0 Å². The summed E-state index contributed by atoms with van der Waals surface area (Å²) in [7, 11) is 0. The van der Waals surface area contributed by atoms with Crippen LogP contribution in [0.25, 0.3) is 0 Å². The lowest BCUT2D eigenvalue weighted by Gasteiger charge is -2.33. The van der Waals surface area contributed by atoms with Crippen LogP contribution in [0.2, 0.25) is 0 Å². The van der Waals surface area contributed by atoms with Crippen LogP contribution in [0.1, 0.15) is 23.4 Å². The number of nitrogens with one attached hydrogen (secondary N) is 1. The van der Waals surface area contributed by atoms with E-state index in [1.165, 1.54) is 12.6 Å². The van der Waals surface area contributed by atoms with E-state index in [9.17, 15) is 4.79 Å². The standard InChI is InChI=1S/C14H16N4O2/c19-14(12-8-15-10-20-12)17-11-4-3-7-18(9-11)13-5-1-2-6-16-13/h1-2,5-6,8,10-11H,3-4,7,9H2,(H,17,19)/t11-/m0/s1. The highest BCUT2D eigenvalue weighted by Crippen LogP contribution is 2.17. The molecule has 2 aromatic heterocycles. The third-order valence-corrected chi connectivity index (χ3v) is 3.39. The van der Waals surface area contributed by atoms with Gasteiger partial charge in [0.25, 0.3) is 5.91 Å². The van der Waals surface area contributed by atoms with E-state index in [0.717, 1.165) is 31.7 Å². The van der Waals surface area contributed by atoms with Gasteiger partial charge in [-0.3, -0.25) is 4.79 Å². The summed E-state index contributed by atoms with van der Waals surface area (Å²) in [5.74, 6) is 0.987. The van der Waals surface area contributed by atoms with Crippen LogP contribution in [0, 0.1) is 0 Å². The molecule has 0 radical (unpaired) electrons. The number of pyridine rings is 1. The van der Waals surface area contributed by atoms with Gasteiger partial charge in [-0.25, -0.2) is 9.97 Å². The lowest BCUT2D eigenvalue weighted by Crippen LogP contribution is -2.48. The van der Waals surface area contributed by atoms with Crippen molar-refractivity contribution >= 4 is 11.7 Å². The SMILES string of the molecule is O=C(N[C@H]1CCCN(c2ccccn2)C1)c1cnco1. The zero-order valence-electron chi connectivity index (χ0n) is 11.0. The highest BCUT2D eigenvalue weighted by Gasteiger charge is 2.23. The maximum absolute atomic E-state index is 11.9. The summed E-state index contributed by atoms with van der Waals surface area (Å²) in [5, 5.41) is 2.98. The minimum atomic E-state index is -0.213. The van der Waals surface area contributed by atoms with Gasteiger partial charge in [0.2, 0.25) is 5.76 Å². The molecule has 1 N–H and O–H groups in total. The van der Waals surface area contributed by atoms with Crippen LogP contribution in [0.4, 0.5) is 5.82 Å². The van der Waals surface area contributed by atoms with Crippen molar-refractivity contribution in [2.75, 3.05) is 18.0 Å². The highest BCUT2D eigenvalue weighted by molar-refractivity contribution is 5.91. The zero-order valence-corrected chi connectivity index (χ0v) is 11.0. The zero-order chi connectivity index (χ0) is 13.8. The Hall–Kier alpha value is -2.37. The maximum Gasteiger partial charge on any atom is 0.288 e. The Kier molecular flexibility index (Phi) is 3.62. The molecule has 6 heteroatoms. The van der Waals surface area contributed by atoms with Gasteiger partial charge in [-0.05, 0) is 25.0 Å². The fourth-order valence-corrected chi connectivity index (χ4v) is 2.43. The number of anilines is 1. The lowest BCUT2D eigenvalue weighted by molar-refractivity contribution is 0.0905. The molecule has 1 aliphatic heterocycles. The summed E-state index contributed by atoms with van der Waals surface area (Å²) in [5.41, 5.74) is 0. The molecule has 1 fully saturated rings. The van der Waals surface area contributed by atoms with Crippen molar-refractivity contribution in [3.05, 3.63) is 42.7 Å². The van der Waals surface area contributed by atoms with Gasteiger partial charge < -0.3 is 14.6 Å². The number of aromatic nitrogens is 2. The Balaban J connectivity index is 1.62. The molecule has 104 valence electrons. The van der Waals surface area contributed by atoms with Gasteiger partial charge in [-0.1, -0.05) is 6.07 Å². The van der Waals surface area contributed by atoms with E-state index in [1.807, 2.05) is 18.2 Å². The molecule has 3 rings (SSSR count). The van der Waals surface area contributed by atoms with Crippen molar-refractivity contribution in [3.8, 4) is 0 Å². The van der Waals surface area contributed by atoms with Gasteiger partial charge in [-0.2, -0.15) is 0 Å². The van der Waals surface area contributed by atoms with Crippen LogP contribution in [0.15, 0.2) is 41.4 Å². The van der Waals surface area contributed by atoms with Gasteiger partial charge in [-0.15, -0.1) is 0 Å². The fourth-order valence-electron chi connectivity index (χ4n) is 2.43. The summed E-state index contributed by atoms with van der Waals surface area (Å²) >= 11 is 0. The first-order valence-electron chi connectivity index (χ1n) is 6.68. The number of rotatable bonds is 3. The van der Waals surface area contributed by atoms with Crippen LogP contribution in [-0.2, 0) is 0 Å². The number of hydrogen-bond acceptors (Lipinski definition) is 5. The molecule has 6 nitrogen and oxygen atoms in total. The van der Waals surface area contributed by atoms with Gasteiger partial charge in [0, 0.05) is 25.3 Å². The van der Waals surface area contributed by atoms with Crippen LogP contribution in [-0.4, -0.2) is 35.0 Å². The number of nitrogens with zero attached hydrogens (tertiary/aromatic N) is 3. The first kappa shape index (κ1) is 12.7. The second kappa shape index (κ2) is 5.73. The van der Waals surface area contributed by atoms with E-state index >= 15 is 0 Å². The summed E-state index contributed by atoms with van der Waals surface area (Å²) in [4.78, 5) is 22.2. The quantitative estimate of drug-likeness (QED) is 0.916. The number of carbonyl (C=O) groups excluding carboxylic acids is 1. The van der Waals surface area contributed by atoms with Crippen LogP contribution >= 0.6 is 0 Å². The van der Waals surface area contributed by atoms with E-state index < -0.39 is 0 Å². The van der Waals surface area contributed by atoms with E-state index in [-0.39, 0.29) is 17.7 Å². The number of carbonyl (C=O) groups is 1. The van der Waals surface area contributed by atoms with Crippen LogP contribution < -0.4 is 10.2 Å². The van der Waals surface area contributed by atoms with Gasteiger partial charge in [0.05, 0.1) is 6.20 Å². The molecular weight excluding hydrogens is 256 g/mol. The highest BCUT2D eigenvalue weighted by atomic mass is 16.3. The Morgan fingerprint density at radius 3 is 3.15 bits per heavy atom. The van der Waals surface area contributed by atoms with Crippen LogP contribution in [0.3, 0.4) is 0 Å². The molecule has 1 amide bonds. The first-order valence-corrected chi connectivity index (χ1v) is 6.68. The van der Waals surface area contributed by atoms with Crippen molar-refractivity contribution in [2.24, 2.45) is 0 Å². The number of piperidine rings is 1. The lowest BCUT2D eigenvalue weighted by atomic mass is 10.1. The molecule has 0 aromatic carbocycles. The molecule has 3 heterocycles. The molecule has 0 unspecified atom stereocenters. The number of hydrogen-bond donors (Lipinski definition) is 1. The average Bonchev–Trinajstić information content (AvgIpc) is 3.03. The Bertz CT molecular complexity index is 556. The summed E-state index contributed by atoms with van der Waals surface area (Å²) < 4.78 is 5.00. The predicted octanol–water partition coefficient (Wildman–Crippen LogP) is 1.47. The van der Waals surface area contributed by atoms with Gasteiger partial charge >= 0.3 is 0 Å². The van der Waals surface area contributed by atoms with E-state index in [0.29, 0.717) is 0 Å². The molecule has 20 heavy (non-hydrogen) atoms. The molecule has 0 spiro atoms. The molecule has 0 bridgehead atoms. The van der Waals surface area contributed by atoms with E-state index in [2.05, 4.69) is 20.2 Å². The number of amides is 1. The predicted molar refractivity (Wildman–Crippen MR) is 73.4 cm³/mol. The molecule has 0 saturated carbocycles. The van der Waals surface area contributed by atoms with Crippen molar-refractivity contribution < 1.29 is 9.21 Å². The molecule has 1 saturated heterocycles. The van der Waals surface area contributed by atoms with E-state index in [4.69, 9.17) is 4.42 Å². The average molecular weight is 272 g/mol. The molecule has 0 aliphatic carbocycles. The largest absolute Gasteiger partial charge is 0.438 e. The number of oxazole rings is 1. The summed E-state index contributed by atoms with van der Waals surface area (Å²) in [6.07, 6.45) is 6.46. The Morgan fingerprint density at radius 1 is 1.45 bits per heavy atom. The van der Waals surface area contributed by atoms with Crippen molar-refractivity contribution in [1.82, 2.24) is 15.3 Å². The Morgan fingerprint density at radius 2 is 2.40 bits per heavy atom. The van der Waals surface area contributed by atoms with Crippen molar-refractivity contribution in [3.63, 3.8) is 0 Å². The smallest absolute Gasteiger partial charge is 0.288 e. The summed E-state index contributed by atoms with van der Waals surface area (Å²) in [6.45, 7) is 1.72. The third-order valence-electron chi connectivity index (χ3n) is 3.39. The van der Waals surface area contributed by atoms with Crippen molar-refractivity contribution in [2.45, 2.75) is 18.9 Å². The molecule has 1 aliphatic rings. The monoisotopic (exact) mass is 272 g/mol. The summed E-state index contributed by atoms with van der Waals surface area (Å²) in [6, 6.07) is 5.96. The first-order chi connectivity index (χ1) is 9.83. The molecular formula is C14H16N4O2. The third kappa shape index (κ3) is 2.79. The second-order valence-electron chi connectivity index (χ2n) is 4.81. The van der Waals surface area contributed by atoms with E-state index in [1.54, 1.807) is 6.20 Å². The van der Waals surface area contributed by atoms with Crippen LogP contribution in [0.5, 0.6) is 0 Å². The van der Waals surface area contributed by atoms with Gasteiger partial charge in [0.15, 0.2) is 6.39 Å². The minimum Gasteiger partial charge on any atom is -0.438 e. The van der Waals surface area contributed by atoms with Gasteiger partial charge in [0.1, 0.15) is 5.82 Å². The normalized spacial score (nSPS) is 18.8. The maximum atomic E-state index is 11.9.